The molecular weight excluding hydrogens is 410 g/mol. The minimum absolute atomic E-state index is 0. The molecule has 0 saturated carbocycles. The quantitative estimate of drug-likeness (QED) is 0.668. The number of carbonyl (C=O) groups is 1. The van der Waals surface area contributed by atoms with Crippen molar-refractivity contribution < 1.29 is 27.4 Å². The van der Waals surface area contributed by atoms with Gasteiger partial charge >= 0.3 is 6.18 Å². The van der Waals surface area contributed by atoms with Crippen molar-refractivity contribution in [1.82, 2.24) is 9.88 Å². The van der Waals surface area contributed by atoms with Crippen molar-refractivity contribution in [2.75, 3.05) is 32.8 Å². The van der Waals surface area contributed by atoms with Crippen molar-refractivity contribution in [2.45, 2.75) is 31.5 Å². The molecule has 1 aliphatic rings. The van der Waals surface area contributed by atoms with E-state index < -0.39 is 18.7 Å². The summed E-state index contributed by atoms with van der Waals surface area (Å²) >= 11 is 0. The maximum Gasteiger partial charge on any atom is 0.422 e. The van der Waals surface area contributed by atoms with Gasteiger partial charge in [-0.15, -0.1) is 24.8 Å². The van der Waals surface area contributed by atoms with E-state index in [1.807, 2.05) is 0 Å². The molecule has 0 atom stereocenters. The average molecular weight is 434 g/mol. The van der Waals surface area contributed by atoms with Gasteiger partial charge in [0.15, 0.2) is 18.1 Å². The molecule has 0 radical (unpaired) electrons. The molecule has 2 N–H and O–H groups in total. The molecule has 11 heteroatoms. The first-order valence-corrected chi connectivity index (χ1v) is 8.16. The Morgan fingerprint density at radius 3 is 2.56 bits per heavy atom. The van der Waals surface area contributed by atoms with Crippen LogP contribution in [-0.2, 0) is 4.74 Å². The van der Waals surface area contributed by atoms with Crippen molar-refractivity contribution in [1.29, 1.82) is 0 Å². The lowest BCUT2D eigenvalue weighted by atomic mass is 10.1. The minimum Gasteiger partial charge on any atom is -0.482 e. The first-order chi connectivity index (χ1) is 11.9. The van der Waals surface area contributed by atoms with Crippen LogP contribution in [0.5, 0.6) is 5.75 Å². The van der Waals surface area contributed by atoms with Gasteiger partial charge in [0.25, 0.3) is 5.91 Å². The van der Waals surface area contributed by atoms with Crippen LogP contribution in [0.25, 0.3) is 0 Å². The highest BCUT2D eigenvalue weighted by Gasteiger charge is 2.31. The lowest BCUT2D eigenvalue weighted by Crippen LogP contribution is -2.41. The first kappa shape index (κ1) is 25.7. The van der Waals surface area contributed by atoms with Crippen LogP contribution in [0, 0.1) is 0 Å². The molecule has 1 aromatic heterocycles. The van der Waals surface area contributed by atoms with Crippen LogP contribution in [0.3, 0.4) is 0 Å². The van der Waals surface area contributed by atoms with Crippen molar-refractivity contribution in [3.05, 3.63) is 24.0 Å². The van der Waals surface area contributed by atoms with Gasteiger partial charge in [-0.3, -0.25) is 4.79 Å². The number of piperidine rings is 1. The van der Waals surface area contributed by atoms with E-state index >= 15 is 0 Å². The largest absolute Gasteiger partial charge is 0.482 e. The molecule has 1 aliphatic heterocycles. The highest BCUT2D eigenvalue weighted by Crippen LogP contribution is 2.23. The Hall–Kier alpha value is -1.29. The molecule has 156 valence electrons. The fourth-order valence-corrected chi connectivity index (χ4v) is 2.54. The summed E-state index contributed by atoms with van der Waals surface area (Å²) in [7, 11) is 0. The van der Waals surface area contributed by atoms with Crippen LogP contribution in [0.15, 0.2) is 18.3 Å². The number of nitrogens with two attached hydrogens (primary N) is 1. The molecule has 1 saturated heterocycles. The zero-order valence-corrected chi connectivity index (χ0v) is 16.2. The summed E-state index contributed by atoms with van der Waals surface area (Å²) in [5, 5.41) is 0. The molecule has 1 fully saturated rings. The Morgan fingerprint density at radius 2 is 1.96 bits per heavy atom. The fourth-order valence-electron chi connectivity index (χ4n) is 2.54. The normalized spacial score (nSPS) is 14.9. The lowest BCUT2D eigenvalue weighted by molar-refractivity contribution is -0.153. The van der Waals surface area contributed by atoms with Crippen LogP contribution >= 0.6 is 24.8 Å². The Labute approximate surface area is 168 Å². The summed E-state index contributed by atoms with van der Waals surface area (Å²) in [4.78, 5) is 18.0. The second-order valence-corrected chi connectivity index (χ2v) is 5.76. The van der Waals surface area contributed by atoms with Crippen LogP contribution in [0.4, 0.5) is 13.2 Å². The number of nitrogens with zero attached hydrogens (tertiary/aromatic N) is 2. The smallest absolute Gasteiger partial charge is 0.422 e. The molecular formula is C16H24Cl2F3N3O3. The average Bonchev–Trinajstić information content (AvgIpc) is 2.60. The van der Waals surface area contributed by atoms with Crippen LogP contribution in [-0.4, -0.2) is 60.9 Å². The zero-order valence-electron chi connectivity index (χ0n) is 14.6. The standard InChI is InChI=1S/C16H22F3N3O3.2ClH/c17-16(18,19)11-25-13-3-1-7-21-14(13)15(23)22-8-4-12(5-9-22)24-10-2-6-20;;/h1,3,7,12H,2,4-6,8-11,20H2;2*1H. The second-order valence-electron chi connectivity index (χ2n) is 5.76. The number of carbonyl (C=O) groups excluding carboxylic acids is 1. The fraction of sp³-hybridized carbons (Fsp3) is 0.625. The Balaban J connectivity index is 0.00000338. The maximum absolute atomic E-state index is 12.6. The van der Waals surface area contributed by atoms with Crippen LogP contribution < -0.4 is 10.5 Å². The van der Waals surface area contributed by atoms with E-state index in [1.54, 1.807) is 4.90 Å². The van der Waals surface area contributed by atoms with Crippen molar-refractivity contribution in [3.8, 4) is 5.75 Å². The maximum atomic E-state index is 12.6. The third kappa shape index (κ3) is 8.50. The van der Waals surface area contributed by atoms with Crippen LogP contribution in [0.2, 0.25) is 0 Å². The predicted molar refractivity (Wildman–Crippen MR) is 98.8 cm³/mol. The summed E-state index contributed by atoms with van der Waals surface area (Å²) in [6.07, 6.45) is -0.928. The van der Waals surface area contributed by atoms with E-state index in [2.05, 4.69) is 4.98 Å². The predicted octanol–water partition coefficient (Wildman–Crippen LogP) is 2.84. The number of alkyl halides is 3. The van der Waals surface area contributed by atoms with E-state index in [4.69, 9.17) is 15.2 Å². The number of hydrogen-bond acceptors (Lipinski definition) is 5. The molecule has 2 rings (SSSR count). The van der Waals surface area contributed by atoms with Gasteiger partial charge in [0.2, 0.25) is 0 Å². The third-order valence-corrected chi connectivity index (χ3v) is 3.80. The van der Waals surface area contributed by atoms with Crippen molar-refractivity contribution >= 4 is 30.7 Å². The molecule has 0 unspecified atom stereocenters. The molecule has 2 heterocycles. The molecule has 6 nitrogen and oxygen atoms in total. The van der Waals surface area contributed by atoms with Gasteiger partial charge in [-0.05, 0) is 37.9 Å². The zero-order chi connectivity index (χ0) is 18.3. The number of amides is 1. The molecule has 1 amide bonds. The number of ether oxygens (including phenoxy) is 2. The summed E-state index contributed by atoms with van der Waals surface area (Å²) in [5.41, 5.74) is 5.31. The lowest BCUT2D eigenvalue weighted by Gasteiger charge is -2.32. The number of pyridine rings is 1. The van der Waals surface area contributed by atoms with E-state index in [1.165, 1.54) is 18.3 Å². The number of hydrogen-bond donors (Lipinski definition) is 1. The van der Waals surface area contributed by atoms with E-state index in [0.29, 0.717) is 39.1 Å². The van der Waals surface area contributed by atoms with Crippen molar-refractivity contribution in [3.63, 3.8) is 0 Å². The molecule has 1 aromatic rings. The highest BCUT2D eigenvalue weighted by atomic mass is 35.5. The second kappa shape index (κ2) is 12.2. The summed E-state index contributed by atoms with van der Waals surface area (Å²) in [6, 6.07) is 2.74. The van der Waals surface area contributed by atoms with E-state index in [9.17, 15) is 18.0 Å². The summed E-state index contributed by atoms with van der Waals surface area (Å²) in [6.45, 7) is 0.612. The third-order valence-electron chi connectivity index (χ3n) is 3.80. The molecule has 0 aliphatic carbocycles. The van der Waals surface area contributed by atoms with Gasteiger partial charge in [0, 0.05) is 25.9 Å². The highest BCUT2D eigenvalue weighted by molar-refractivity contribution is 5.95. The van der Waals surface area contributed by atoms with Gasteiger partial charge in [0.05, 0.1) is 6.10 Å². The van der Waals surface area contributed by atoms with Gasteiger partial charge in [-0.25, -0.2) is 4.98 Å². The van der Waals surface area contributed by atoms with E-state index in [-0.39, 0.29) is 42.4 Å². The Kier molecular flexibility index (Phi) is 11.6. The molecule has 27 heavy (non-hydrogen) atoms. The minimum atomic E-state index is -4.48. The Bertz CT molecular complexity index is 571. The van der Waals surface area contributed by atoms with Crippen molar-refractivity contribution in [2.24, 2.45) is 5.73 Å². The summed E-state index contributed by atoms with van der Waals surface area (Å²) < 4.78 is 47.4. The Morgan fingerprint density at radius 1 is 1.30 bits per heavy atom. The number of likely N-dealkylation sites (tertiary alicyclic amines) is 1. The monoisotopic (exact) mass is 433 g/mol. The van der Waals surface area contributed by atoms with Gasteiger partial charge in [-0.1, -0.05) is 0 Å². The van der Waals surface area contributed by atoms with E-state index in [0.717, 1.165) is 6.42 Å². The SMILES string of the molecule is Cl.Cl.NCCCOC1CCN(C(=O)c2ncccc2OCC(F)(F)F)CC1. The number of rotatable bonds is 7. The molecule has 0 bridgehead atoms. The topological polar surface area (TPSA) is 77.7 Å². The first-order valence-electron chi connectivity index (χ1n) is 8.16. The summed E-state index contributed by atoms with van der Waals surface area (Å²) in [5.74, 6) is -0.593. The number of halogens is 5. The van der Waals surface area contributed by atoms with Gasteiger partial charge < -0.3 is 20.1 Å². The van der Waals surface area contributed by atoms with Gasteiger partial charge in [0.1, 0.15) is 0 Å². The van der Waals surface area contributed by atoms with Crippen LogP contribution in [0.1, 0.15) is 29.8 Å². The molecule has 0 spiro atoms. The number of aromatic nitrogens is 1. The van der Waals surface area contributed by atoms with Gasteiger partial charge in [-0.2, -0.15) is 13.2 Å². The molecule has 0 aromatic carbocycles.